The molecule has 9 nitrogen and oxygen atoms in total. The van der Waals surface area contributed by atoms with Gasteiger partial charge in [-0.05, 0) is 80.1 Å². The van der Waals surface area contributed by atoms with Crippen LogP contribution >= 0.6 is 11.6 Å². The fourth-order valence-corrected chi connectivity index (χ4v) is 8.24. The van der Waals surface area contributed by atoms with Crippen LogP contribution in [0.5, 0.6) is 0 Å². The predicted octanol–water partition coefficient (Wildman–Crippen LogP) is 2.78. The molecule has 2 heterocycles. The molecule has 1 aliphatic carbocycles. The van der Waals surface area contributed by atoms with Crippen LogP contribution in [0.15, 0.2) is 35.2 Å². The van der Waals surface area contributed by atoms with Crippen molar-refractivity contribution in [3.05, 3.63) is 63.2 Å². The summed E-state index contributed by atoms with van der Waals surface area (Å²) < 4.78 is 28.6. The summed E-state index contributed by atoms with van der Waals surface area (Å²) in [7, 11) is -1.88. The fraction of sp³-hybridized carbons (Fsp3) is 0.533. The molecule has 2 N–H and O–H groups in total. The van der Waals surface area contributed by atoms with Crippen LogP contribution in [0.25, 0.3) is 0 Å². The average molecular weight is 602 g/mol. The molecular formula is C30H40ClN5O4S. The number of carbonyl (C=O) groups excluding carboxylic acids is 2. The van der Waals surface area contributed by atoms with Crippen molar-refractivity contribution in [2.45, 2.75) is 63.1 Å². The number of benzene rings is 2. The SMILES string of the molecule is Cc1cc(S(=O)(=O)N2CCNC(=O)C2CC(=O)N[C@@H]2CCCc3cc(CN4CCN(C)CC4)ccc32)c(C)cc1Cl. The first kappa shape index (κ1) is 30.0. The van der Waals surface area contributed by atoms with Crippen LogP contribution in [0.4, 0.5) is 0 Å². The third kappa shape index (κ3) is 6.62. The number of hydrogen-bond acceptors (Lipinski definition) is 6. The lowest BCUT2D eigenvalue weighted by Gasteiger charge is -2.35. The predicted molar refractivity (Wildman–Crippen MR) is 159 cm³/mol. The van der Waals surface area contributed by atoms with E-state index in [1.807, 2.05) is 0 Å². The average Bonchev–Trinajstić information content (AvgIpc) is 2.93. The topological polar surface area (TPSA) is 102 Å². The van der Waals surface area contributed by atoms with Gasteiger partial charge in [-0.15, -0.1) is 0 Å². The molecule has 2 atom stereocenters. The molecular weight excluding hydrogens is 562 g/mol. The molecule has 2 saturated heterocycles. The van der Waals surface area contributed by atoms with Gasteiger partial charge in [-0.1, -0.05) is 29.8 Å². The van der Waals surface area contributed by atoms with Crippen LogP contribution in [0, 0.1) is 13.8 Å². The number of hydrogen-bond donors (Lipinski definition) is 2. The monoisotopic (exact) mass is 601 g/mol. The van der Waals surface area contributed by atoms with Crippen molar-refractivity contribution in [2.24, 2.45) is 0 Å². The number of rotatable bonds is 7. The summed E-state index contributed by atoms with van der Waals surface area (Å²) in [6.07, 6.45) is 2.48. The van der Waals surface area contributed by atoms with Crippen LogP contribution in [-0.2, 0) is 32.6 Å². The second kappa shape index (κ2) is 12.4. The summed E-state index contributed by atoms with van der Waals surface area (Å²) >= 11 is 6.20. The Balaban J connectivity index is 1.29. The number of nitrogens with one attached hydrogen (secondary N) is 2. The van der Waals surface area contributed by atoms with E-state index in [1.54, 1.807) is 19.9 Å². The second-order valence-electron chi connectivity index (χ2n) is 11.6. The lowest BCUT2D eigenvalue weighted by atomic mass is 9.86. The van der Waals surface area contributed by atoms with Gasteiger partial charge < -0.3 is 15.5 Å². The van der Waals surface area contributed by atoms with Crippen LogP contribution < -0.4 is 10.6 Å². The fourth-order valence-electron chi connectivity index (χ4n) is 6.14. The van der Waals surface area contributed by atoms with E-state index >= 15 is 0 Å². The minimum absolute atomic E-state index is 0.0927. The highest BCUT2D eigenvalue weighted by Crippen LogP contribution is 2.32. The number of halogens is 1. The summed E-state index contributed by atoms with van der Waals surface area (Å²) in [6.45, 7) is 8.91. The van der Waals surface area contributed by atoms with E-state index < -0.39 is 22.0 Å². The zero-order valence-corrected chi connectivity index (χ0v) is 25.7. The summed E-state index contributed by atoms with van der Waals surface area (Å²) in [5.74, 6) is -0.800. The zero-order chi connectivity index (χ0) is 29.3. The summed E-state index contributed by atoms with van der Waals surface area (Å²) in [4.78, 5) is 31.2. The largest absolute Gasteiger partial charge is 0.353 e. The van der Waals surface area contributed by atoms with Crippen LogP contribution in [0.3, 0.4) is 0 Å². The van der Waals surface area contributed by atoms with E-state index in [0.29, 0.717) is 16.1 Å². The Labute approximate surface area is 248 Å². The zero-order valence-electron chi connectivity index (χ0n) is 24.1. The molecule has 222 valence electrons. The standard InChI is InChI=1S/C30H40ClN5O4S/c1-20-16-28(21(2)15-25(20)31)41(39,40)36-10-9-32-30(38)27(36)18-29(37)33-26-6-4-5-23-17-22(7-8-24(23)26)19-35-13-11-34(3)12-14-35/h7-8,15-17,26-27H,4-6,9-14,18-19H2,1-3H3,(H,32,38)(H,33,37)/t26-,27?/m1/s1. The number of fused-ring (bicyclic) bond motifs is 1. The number of aryl methyl sites for hydroxylation is 3. The lowest BCUT2D eigenvalue weighted by molar-refractivity contribution is -0.132. The van der Waals surface area contributed by atoms with Crippen molar-refractivity contribution >= 4 is 33.4 Å². The molecule has 2 aromatic carbocycles. The van der Waals surface area contributed by atoms with Gasteiger partial charge in [0.05, 0.1) is 17.4 Å². The molecule has 11 heteroatoms. The van der Waals surface area contributed by atoms with Gasteiger partial charge in [0.15, 0.2) is 0 Å². The molecule has 41 heavy (non-hydrogen) atoms. The van der Waals surface area contributed by atoms with E-state index in [9.17, 15) is 18.0 Å². The molecule has 1 unspecified atom stereocenters. The quantitative estimate of drug-likeness (QED) is 0.506. The van der Waals surface area contributed by atoms with Gasteiger partial charge in [-0.2, -0.15) is 4.31 Å². The molecule has 0 radical (unpaired) electrons. The molecule has 3 aliphatic rings. The van der Waals surface area contributed by atoms with Crippen molar-refractivity contribution in [3.63, 3.8) is 0 Å². The van der Waals surface area contributed by atoms with E-state index in [0.717, 1.165) is 57.5 Å². The Bertz CT molecular complexity index is 1420. The van der Waals surface area contributed by atoms with Gasteiger partial charge in [0.2, 0.25) is 21.8 Å². The highest BCUT2D eigenvalue weighted by atomic mass is 35.5. The maximum absolute atomic E-state index is 13.7. The van der Waals surface area contributed by atoms with Crippen LogP contribution in [0.2, 0.25) is 5.02 Å². The van der Waals surface area contributed by atoms with Gasteiger partial charge in [-0.25, -0.2) is 8.42 Å². The second-order valence-corrected chi connectivity index (χ2v) is 13.9. The third-order valence-electron chi connectivity index (χ3n) is 8.56. The van der Waals surface area contributed by atoms with Crippen LogP contribution in [0.1, 0.15) is 53.1 Å². The maximum atomic E-state index is 13.7. The first-order valence-corrected chi connectivity index (χ1v) is 16.2. The van der Waals surface area contributed by atoms with Gasteiger partial charge in [0.25, 0.3) is 0 Å². The first-order chi connectivity index (χ1) is 19.5. The Hall–Kier alpha value is -2.50. The molecule has 0 spiro atoms. The summed E-state index contributed by atoms with van der Waals surface area (Å²) in [5.41, 5.74) is 4.78. The molecule has 0 saturated carbocycles. The van der Waals surface area contributed by atoms with Gasteiger partial charge in [0.1, 0.15) is 6.04 Å². The van der Waals surface area contributed by atoms with E-state index in [4.69, 9.17) is 11.6 Å². The summed E-state index contributed by atoms with van der Waals surface area (Å²) in [6, 6.07) is 8.41. The number of nitrogens with zero attached hydrogens (tertiary/aromatic N) is 3. The van der Waals surface area contributed by atoms with Crippen molar-refractivity contribution in [1.29, 1.82) is 0 Å². The van der Waals surface area contributed by atoms with Crippen molar-refractivity contribution in [3.8, 4) is 0 Å². The Morgan fingerprint density at radius 3 is 2.59 bits per heavy atom. The Morgan fingerprint density at radius 2 is 1.83 bits per heavy atom. The molecule has 2 fully saturated rings. The molecule has 0 aromatic heterocycles. The Morgan fingerprint density at radius 1 is 1.07 bits per heavy atom. The van der Waals surface area contributed by atoms with Crippen LogP contribution in [-0.4, -0.2) is 86.7 Å². The van der Waals surface area contributed by atoms with Crippen molar-refractivity contribution < 1.29 is 18.0 Å². The minimum atomic E-state index is -4.03. The smallest absolute Gasteiger partial charge is 0.244 e. The molecule has 2 aliphatic heterocycles. The van der Waals surface area contributed by atoms with Gasteiger partial charge >= 0.3 is 0 Å². The van der Waals surface area contributed by atoms with E-state index in [-0.39, 0.29) is 36.4 Å². The number of carbonyl (C=O) groups is 2. The van der Waals surface area contributed by atoms with Crippen molar-refractivity contribution in [1.82, 2.24) is 24.7 Å². The number of likely N-dealkylation sites (N-methyl/N-ethyl adjacent to an activating group) is 1. The molecule has 5 rings (SSSR count). The number of amides is 2. The van der Waals surface area contributed by atoms with E-state index in [1.165, 1.54) is 21.5 Å². The number of piperazine rings is 2. The Kier molecular flexibility index (Phi) is 9.06. The first-order valence-electron chi connectivity index (χ1n) is 14.4. The van der Waals surface area contributed by atoms with Gasteiger partial charge in [0, 0.05) is 50.8 Å². The number of sulfonamides is 1. The molecule has 2 aromatic rings. The summed E-state index contributed by atoms with van der Waals surface area (Å²) in [5, 5.41) is 6.33. The normalized spacial score (nSPS) is 22.7. The van der Waals surface area contributed by atoms with E-state index in [2.05, 4.69) is 45.7 Å². The molecule has 0 bridgehead atoms. The minimum Gasteiger partial charge on any atom is -0.353 e. The molecule has 2 amide bonds. The maximum Gasteiger partial charge on any atom is 0.244 e. The van der Waals surface area contributed by atoms with Crippen molar-refractivity contribution in [2.75, 3.05) is 46.3 Å². The highest BCUT2D eigenvalue weighted by molar-refractivity contribution is 7.89. The third-order valence-corrected chi connectivity index (χ3v) is 11.0. The van der Waals surface area contributed by atoms with Gasteiger partial charge in [-0.3, -0.25) is 14.5 Å². The highest BCUT2D eigenvalue weighted by Gasteiger charge is 2.40. The lowest BCUT2D eigenvalue weighted by Crippen LogP contribution is -2.58.